The molecule has 128 valence electrons. The Kier molecular flexibility index (Phi) is 3.99. The van der Waals surface area contributed by atoms with Gasteiger partial charge in [-0.1, -0.05) is 12.1 Å². The first kappa shape index (κ1) is 16.4. The van der Waals surface area contributed by atoms with Crippen LogP contribution in [0.1, 0.15) is 32.8 Å². The van der Waals surface area contributed by atoms with E-state index in [9.17, 15) is 9.59 Å². The quantitative estimate of drug-likeness (QED) is 0.875. The van der Waals surface area contributed by atoms with E-state index >= 15 is 0 Å². The molecule has 2 heterocycles. The smallest absolute Gasteiger partial charge is 0.410 e. The molecule has 1 aromatic heterocycles. The standard InChI is InChI=1S/C18H23N3O3/c1-18(2,3)24-17(23)21-9-7-12(8-10-21)13-5-6-14-15(11-13)20(4)16(22)19-14/h5-7,11H,8-10H2,1-4H3,(H,19,22). The molecule has 0 atom stereocenters. The van der Waals surface area contributed by atoms with Gasteiger partial charge in [0.1, 0.15) is 5.60 Å². The topological polar surface area (TPSA) is 67.3 Å². The number of hydrogen-bond donors (Lipinski definition) is 1. The summed E-state index contributed by atoms with van der Waals surface area (Å²) in [7, 11) is 1.75. The van der Waals surface area contributed by atoms with Crippen LogP contribution in [0.5, 0.6) is 0 Å². The summed E-state index contributed by atoms with van der Waals surface area (Å²) in [4.78, 5) is 28.3. The molecule has 0 saturated carbocycles. The number of benzene rings is 1. The Labute approximate surface area is 140 Å². The number of aryl methyl sites for hydroxylation is 1. The van der Waals surface area contributed by atoms with Gasteiger partial charge in [-0.2, -0.15) is 0 Å². The maximum absolute atomic E-state index is 12.1. The predicted octanol–water partition coefficient (Wildman–Crippen LogP) is 2.89. The first-order valence-electron chi connectivity index (χ1n) is 8.11. The van der Waals surface area contributed by atoms with E-state index < -0.39 is 5.60 Å². The molecular weight excluding hydrogens is 306 g/mol. The third-order valence-corrected chi connectivity index (χ3v) is 4.14. The van der Waals surface area contributed by atoms with Gasteiger partial charge in [0.2, 0.25) is 0 Å². The molecule has 0 radical (unpaired) electrons. The van der Waals surface area contributed by atoms with Crippen molar-refractivity contribution in [2.75, 3.05) is 13.1 Å². The monoisotopic (exact) mass is 329 g/mol. The van der Waals surface area contributed by atoms with Crippen molar-refractivity contribution in [3.05, 3.63) is 40.3 Å². The fourth-order valence-electron chi connectivity index (χ4n) is 2.85. The van der Waals surface area contributed by atoms with Crippen molar-refractivity contribution in [1.82, 2.24) is 14.5 Å². The summed E-state index contributed by atoms with van der Waals surface area (Å²) in [5.74, 6) is 0. The number of H-pyrrole nitrogens is 1. The van der Waals surface area contributed by atoms with Crippen molar-refractivity contribution in [3.8, 4) is 0 Å². The Morgan fingerprint density at radius 2 is 2.04 bits per heavy atom. The number of fused-ring (bicyclic) bond motifs is 1. The van der Waals surface area contributed by atoms with Crippen LogP contribution in [-0.2, 0) is 11.8 Å². The van der Waals surface area contributed by atoms with E-state index in [-0.39, 0.29) is 11.8 Å². The van der Waals surface area contributed by atoms with Gasteiger partial charge in [0.25, 0.3) is 0 Å². The number of hydrogen-bond acceptors (Lipinski definition) is 3. The van der Waals surface area contributed by atoms with Crippen LogP contribution in [-0.4, -0.2) is 39.2 Å². The molecule has 0 unspecified atom stereocenters. The van der Waals surface area contributed by atoms with Crippen LogP contribution < -0.4 is 5.69 Å². The molecule has 2 aromatic rings. The molecule has 3 rings (SSSR count). The molecule has 0 bridgehead atoms. The second-order valence-corrected chi connectivity index (χ2v) is 7.13. The van der Waals surface area contributed by atoms with Crippen molar-refractivity contribution in [2.24, 2.45) is 7.05 Å². The highest BCUT2D eigenvalue weighted by molar-refractivity contribution is 5.81. The molecule has 1 aromatic carbocycles. The van der Waals surface area contributed by atoms with Gasteiger partial charge in [-0.3, -0.25) is 4.57 Å². The summed E-state index contributed by atoms with van der Waals surface area (Å²) < 4.78 is 7.02. The van der Waals surface area contributed by atoms with Crippen molar-refractivity contribution < 1.29 is 9.53 Å². The molecule has 1 aliphatic heterocycles. The van der Waals surface area contributed by atoms with Crippen LogP contribution in [0.25, 0.3) is 16.6 Å². The number of carbonyl (C=O) groups excluding carboxylic acids is 1. The van der Waals surface area contributed by atoms with E-state index in [1.807, 2.05) is 39.0 Å². The van der Waals surface area contributed by atoms with Crippen LogP contribution >= 0.6 is 0 Å². The van der Waals surface area contributed by atoms with Crippen LogP contribution in [0.2, 0.25) is 0 Å². The maximum Gasteiger partial charge on any atom is 0.410 e. The van der Waals surface area contributed by atoms with Gasteiger partial charge in [0.05, 0.1) is 11.0 Å². The Morgan fingerprint density at radius 3 is 2.67 bits per heavy atom. The van der Waals surface area contributed by atoms with Gasteiger partial charge >= 0.3 is 11.8 Å². The molecule has 0 fully saturated rings. The normalized spacial score (nSPS) is 15.5. The highest BCUT2D eigenvalue weighted by atomic mass is 16.6. The van der Waals surface area contributed by atoms with Crippen molar-refractivity contribution in [2.45, 2.75) is 32.8 Å². The Bertz CT molecular complexity index is 868. The number of aromatic nitrogens is 2. The molecule has 0 spiro atoms. The van der Waals surface area contributed by atoms with Crippen LogP contribution in [0, 0.1) is 0 Å². The third-order valence-electron chi connectivity index (χ3n) is 4.14. The molecule has 24 heavy (non-hydrogen) atoms. The molecule has 1 aliphatic rings. The second kappa shape index (κ2) is 5.85. The van der Waals surface area contributed by atoms with E-state index in [0.717, 1.165) is 23.0 Å². The summed E-state index contributed by atoms with van der Waals surface area (Å²) in [6, 6.07) is 5.95. The van der Waals surface area contributed by atoms with Crippen molar-refractivity contribution in [1.29, 1.82) is 0 Å². The number of aromatic amines is 1. The second-order valence-electron chi connectivity index (χ2n) is 7.13. The lowest BCUT2D eigenvalue weighted by atomic mass is 9.99. The minimum absolute atomic E-state index is 0.115. The summed E-state index contributed by atoms with van der Waals surface area (Å²) in [6.07, 6.45) is 2.55. The number of ether oxygens (including phenoxy) is 1. The van der Waals surface area contributed by atoms with Gasteiger partial charge < -0.3 is 14.6 Å². The minimum atomic E-state index is -0.481. The lowest BCUT2D eigenvalue weighted by Gasteiger charge is -2.29. The van der Waals surface area contributed by atoms with Crippen molar-refractivity contribution >= 4 is 22.7 Å². The summed E-state index contributed by atoms with van der Waals surface area (Å²) in [6.45, 7) is 6.77. The molecule has 1 N–H and O–H groups in total. The van der Waals surface area contributed by atoms with Crippen molar-refractivity contribution in [3.63, 3.8) is 0 Å². The molecule has 0 aliphatic carbocycles. The Morgan fingerprint density at radius 1 is 1.29 bits per heavy atom. The Balaban J connectivity index is 1.79. The molecule has 1 amide bonds. The SMILES string of the molecule is Cn1c(=O)[nH]c2ccc(C3=CCN(C(=O)OC(C)(C)C)CC3)cc21. The van der Waals surface area contributed by atoms with Gasteiger partial charge in [-0.15, -0.1) is 0 Å². The molecular formula is C18H23N3O3. The van der Waals surface area contributed by atoms with Gasteiger partial charge in [0.15, 0.2) is 0 Å². The largest absolute Gasteiger partial charge is 0.444 e. The van der Waals surface area contributed by atoms with E-state index in [2.05, 4.69) is 11.1 Å². The predicted molar refractivity (Wildman–Crippen MR) is 93.9 cm³/mol. The van der Waals surface area contributed by atoms with Gasteiger partial charge in [-0.05, 0) is 50.5 Å². The van der Waals surface area contributed by atoms with Crippen LogP contribution in [0.15, 0.2) is 29.1 Å². The van der Waals surface area contributed by atoms with Crippen LogP contribution in [0.3, 0.4) is 0 Å². The lowest BCUT2D eigenvalue weighted by Crippen LogP contribution is -2.39. The van der Waals surface area contributed by atoms with Gasteiger partial charge in [0, 0.05) is 20.1 Å². The summed E-state index contributed by atoms with van der Waals surface area (Å²) in [5, 5.41) is 0. The summed E-state index contributed by atoms with van der Waals surface area (Å²) in [5.41, 5.74) is 3.39. The number of nitrogens with zero attached hydrogens (tertiary/aromatic N) is 2. The highest BCUT2D eigenvalue weighted by Crippen LogP contribution is 2.25. The molecule has 6 heteroatoms. The highest BCUT2D eigenvalue weighted by Gasteiger charge is 2.24. The van der Waals surface area contributed by atoms with Gasteiger partial charge in [-0.25, -0.2) is 9.59 Å². The lowest BCUT2D eigenvalue weighted by molar-refractivity contribution is 0.0270. The number of amides is 1. The third kappa shape index (κ3) is 3.22. The number of rotatable bonds is 1. The minimum Gasteiger partial charge on any atom is -0.444 e. The first-order valence-corrected chi connectivity index (χ1v) is 8.11. The van der Waals surface area contributed by atoms with E-state index in [0.29, 0.717) is 13.1 Å². The zero-order valence-electron chi connectivity index (χ0n) is 14.5. The maximum atomic E-state index is 12.1. The number of nitrogens with one attached hydrogen (secondary N) is 1. The zero-order valence-corrected chi connectivity index (χ0v) is 14.5. The molecule has 6 nitrogen and oxygen atoms in total. The van der Waals surface area contributed by atoms with E-state index in [1.54, 1.807) is 16.5 Å². The average Bonchev–Trinajstić information content (AvgIpc) is 2.80. The fourth-order valence-corrected chi connectivity index (χ4v) is 2.85. The average molecular weight is 329 g/mol. The number of carbonyl (C=O) groups is 1. The molecule has 0 saturated heterocycles. The first-order chi connectivity index (χ1) is 11.2. The fraction of sp³-hybridized carbons (Fsp3) is 0.444. The summed E-state index contributed by atoms with van der Waals surface area (Å²) >= 11 is 0. The van der Waals surface area contributed by atoms with E-state index in [1.165, 1.54) is 5.57 Å². The zero-order chi connectivity index (χ0) is 17.5. The number of imidazole rings is 1. The van der Waals surface area contributed by atoms with Crippen LogP contribution in [0.4, 0.5) is 4.79 Å². The Hall–Kier alpha value is -2.50. The van der Waals surface area contributed by atoms with E-state index in [4.69, 9.17) is 4.74 Å².